The van der Waals surface area contributed by atoms with Gasteiger partial charge in [-0.25, -0.2) is 0 Å². The van der Waals surface area contributed by atoms with Crippen LogP contribution in [0.2, 0.25) is 0 Å². The molecule has 3 aromatic rings. The van der Waals surface area contributed by atoms with Crippen LogP contribution in [-0.2, 0) is 9.47 Å². The van der Waals surface area contributed by atoms with Gasteiger partial charge in [-0.1, -0.05) is 24.3 Å². The number of ether oxygens (including phenoxy) is 2. The summed E-state index contributed by atoms with van der Waals surface area (Å²) < 4.78 is 11.2. The molecule has 4 heteroatoms. The highest BCUT2D eigenvalue weighted by Crippen LogP contribution is 2.32. The molecule has 0 atom stereocenters. The molecule has 0 amide bonds. The van der Waals surface area contributed by atoms with Crippen molar-refractivity contribution < 1.29 is 9.47 Å². The predicted molar refractivity (Wildman–Crippen MR) is 100 cm³/mol. The van der Waals surface area contributed by atoms with Gasteiger partial charge in [0.05, 0.1) is 26.4 Å². The first-order valence-electron chi connectivity index (χ1n) is 8.50. The largest absolute Gasteiger partial charge is 0.382 e. The molecule has 0 unspecified atom stereocenters. The lowest BCUT2D eigenvalue weighted by Crippen LogP contribution is -2.14. The van der Waals surface area contributed by atoms with Crippen molar-refractivity contribution in [3.63, 3.8) is 0 Å². The molecule has 1 aliphatic heterocycles. The van der Waals surface area contributed by atoms with Crippen molar-refractivity contribution in [1.29, 1.82) is 0 Å². The normalized spacial score (nSPS) is 16.5. The molecule has 1 aliphatic rings. The van der Waals surface area contributed by atoms with Gasteiger partial charge in [-0.2, -0.15) is 0 Å². The van der Waals surface area contributed by atoms with E-state index in [2.05, 4.69) is 59.2 Å². The second kappa shape index (κ2) is 7.07. The van der Waals surface area contributed by atoms with Gasteiger partial charge in [-0.3, -0.25) is 0 Å². The van der Waals surface area contributed by atoms with E-state index in [4.69, 9.17) is 9.47 Å². The molecule has 4 rings (SSSR count). The molecule has 2 bridgehead atoms. The van der Waals surface area contributed by atoms with Crippen molar-refractivity contribution in [3.8, 4) is 0 Å². The van der Waals surface area contributed by atoms with Crippen LogP contribution in [0.3, 0.4) is 0 Å². The molecule has 0 aliphatic carbocycles. The lowest BCUT2D eigenvalue weighted by Gasteiger charge is -2.13. The zero-order valence-electron chi connectivity index (χ0n) is 13.7. The Balaban J connectivity index is 1.81. The maximum Gasteiger partial charge on any atom is 0.0701 e. The number of hydrogen-bond acceptors (Lipinski definition) is 4. The van der Waals surface area contributed by atoms with Crippen LogP contribution in [0.1, 0.15) is 0 Å². The Morgan fingerprint density at radius 1 is 0.625 bits per heavy atom. The Labute approximate surface area is 141 Å². The number of hydrogen-bond donors (Lipinski definition) is 2. The first kappa shape index (κ1) is 15.2. The smallest absolute Gasteiger partial charge is 0.0701 e. The summed E-state index contributed by atoms with van der Waals surface area (Å²) in [6.07, 6.45) is 0. The Bertz CT molecular complexity index is 781. The van der Waals surface area contributed by atoms with E-state index in [9.17, 15) is 0 Å². The fraction of sp³-hybridized carbons (Fsp3) is 0.300. The summed E-state index contributed by atoms with van der Waals surface area (Å²) in [6, 6.07) is 17.3. The summed E-state index contributed by atoms with van der Waals surface area (Å²) >= 11 is 0. The number of nitrogens with one attached hydrogen (secondary N) is 2. The molecular formula is C20H22N2O2. The maximum atomic E-state index is 5.60. The molecule has 2 N–H and O–H groups in total. The molecule has 0 saturated carbocycles. The number of rotatable bonds is 0. The summed E-state index contributed by atoms with van der Waals surface area (Å²) in [5.74, 6) is 0. The summed E-state index contributed by atoms with van der Waals surface area (Å²) in [7, 11) is 0. The molecule has 0 aromatic heterocycles. The van der Waals surface area contributed by atoms with E-state index < -0.39 is 0 Å². The maximum absolute atomic E-state index is 5.60. The Morgan fingerprint density at radius 2 is 1.17 bits per heavy atom. The van der Waals surface area contributed by atoms with Crippen LogP contribution in [0, 0.1) is 0 Å². The van der Waals surface area contributed by atoms with E-state index in [1.165, 1.54) is 21.5 Å². The lowest BCUT2D eigenvalue weighted by molar-refractivity contribution is 0.0557. The summed E-state index contributed by atoms with van der Waals surface area (Å²) in [4.78, 5) is 0. The monoisotopic (exact) mass is 322 g/mol. The minimum absolute atomic E-state index is 0.634. The summed E-state index contributed by atoms with van der Waals surface area (Å²) in [5.41, 5.74) is 2.30. The van der Waals surface area contributed by atoms with Gasteiger partial charge in [0.2, 0.25) is 0 Å². The topological polar surface area (TPSA) is 42.5 Å². The number of anilines is 2. The zero-order valence-corrected chi connectivity index (χ0v) is 13.7. The summed E-state index contributed by atoms with van der Waals surface area (Å²) in [5, 5.41) is 12.0. The second-order valence-corrected chi connectivity index (χ2v) is 5.98. The van der Waals surface area contributed by atoms with E-state index >= 15 is 0 Å². The van der Waals surface area contributed by atoms with Crippen LogP contribution in [0.5, 0.6) is 0 Å². The van der Waals surface area contributed by atoms with Crippen LogP contribution in [0.4, 0.5) is 11.4 Å². The SMILES string of the molecule is c1cc2c3cc4c(cccc4cc3c1)NCCOCCOCCN2. The molecule has 0 spiro atoms. The molecule has 0 radical (unpaired) electrons. The van der Waals surface area contributed by atoms with Gasteiger partial charge < -0.3 is 20.1 Å². The fourth-order valence-electron chi connectivity index (χ4n) is 3.20. The first-order chi connectivity index (χ1) is 11.9. The van der Waals surface area contributed by atoms with Crippen LogP contribution < -0.4 is 10.6 Å². The molecule has 4 nitrogen and oxygen atoms in total. The molecule has 0 fully saturated rings. The van der Waals surface area contributed by atoms with Gasteiger partial charge in [0, 0.05) is 35.2 Å². The minimum Gasteiger partial charge on any atom is -0.382 e. The minimum atomic E-state index is 0.634. The highest BCUT2D eigenvalue weighted by atomic mass is 16.5. The average Bonchev–Trinajstić information content (AvgIpc) is 2.62. The van der Waals surface area contributed by atoms with Crippen molar-refractivity contribution in [3.05, 3.63) is 48.5 Å². The lowest BCUT2D eigenvalue weighted by atomic mass is 10.0. The van der Waals surface area contributed by atoms with Crippen molar-refractivity contribution in [2.24, 2.45) is 0 Å². The van der Waals surface area contributed by atoms with Crippen LogP contribution in [0.25, 0.3) is 21.5 Å². The Hall–Kier alpha value is -2.30. The first-order valence-corrected chi connectivity index (χ1v) is 8.50. The highest BCUT2D eigenvalue weighted by molar-refractivity contribution is 6.07. The summed E-state index contributed by atoms with van der Waals surface area (Å²) in [6.45, 7) is 4.20. The predicted octanol–water partition coefficient (Wildman–Crippen LogP) is 3.86. The van der Waals surface area contributed by atoms with Crippen LogP contribution >= 0.6 is 0 Å². The van der Waals surface area contributed by atoms with Gasteiger partial charge in [-0.05, 0) is 35.0 Å². The molecule has 24 heavy (non-hydrogen) atoms. The third-order valence-corrected chi connectivity index (χ3v) is 4.38. The molecule has 0 saturated heterocycles. The Morgan fingerprint density at radius 3 is 1.71 bits per heavy atom. The third-order valence-electron chi connectivity index (χ3n) is 4.38. The third kappa shape index (κ3) is 3.16. The van der Waals surface area contributed by atoms with Gasteiger partial charge in [0.1, 0.15) is 0 Å². The van der Waals surface area contributed by atoms with Gasteiger partial charge >= 0.3 is 0 Å². The average molecular weight is 322 g/mol. The molecular weight excluding hydrogens is 300 g/mol. The molecule has 1 heterocycles. The standard InChI is InChI=1S/C20H22N2O2/c1-3-15-13-16-4-2-6-20-18(16)14-17(15)19(5-1)21-7-9-23-11-12-24-10-8-22-20/h1-6,13-14,21-22H,7-12H2. The fourth-order valence-corrected chi connectivity index (χ4v) is 3.20. The van der Waals surface area contributed by atoms with Crippen molar-refractivity contribution in [1.82, 2.24) is 0 Å². The Kier molecular flexibility index (Phi) is 4.49. The van der Waals surface area contributed by atoms with E-state index in [1.807, 2.05) is 0 Å². The van der Waals surface area contributed by atoms with Gasteiger partial charge in [-0.15, -0.1) is 0 Å². The van der Waals surface area contributed by atoms with Crippen molar-refractivity contribution >= 4 is 32.9 Å². The van der Waals surface area contributed by atoms with Crippen molar-refractivity contribution in [2.75, 3.05) is 50.2 Å². The van der Waals surface area contributed by atoms with Gasteiger partial charge in [0.15, 0.2) is 0 Å². The van der Waals surface area contributed by atoms with Crippen LogP contribution in [0.15, 0.2) is 48.5 Å². The zero-order chi connectivity index (χ0) is 16.2. The second-order valence-electron chi connectivity index (χ2n) is 5.98. The molecule has 3 aromatic carbocycles. The van der Waals surface area contributed by atoms with E-state index in [0.29, 0.717) is 26.4 Å². The van der Waals surface area contributed by atoms with E-state index in [0.717, 1.165) is 24.5 Å². The van der Waals surface area contributed by atoms with E-state index in [1.54, 1.807) is 0 Å². The van der Waals surface area contributed by atoms with E-state index in [-0.39, 0.29) is 0 Å². The van der Waals surface area contributed by atoms with Crippen molar-refractivity contribution in [2.45, 2.75) is 0 Å². The number of benzene rings is 3. The van der Waals surface area contributed by atoms with Crippen LogP contribution in [-0.4, -0.2) is 39.5 Å². The van der Waals surface area contributed by atoms with Gasteiger partial charge in [0.25, 0.3) is 0 Å². The highest BCUT2D eigenvalue weighted by Gasteiger charge is 2.06. The molecule has 124 valence electrons. The quantitative estimate of drug-likeness (QED) is 0.617.